The van der Waals surface area contributed by atoms with Gasteiger partial charge in [0.05, 0.1) is 17.5 Å². The zero-order valence-corrected chi connectivity index (χ0v) is 12.5. The molecule has 2 nitrogen and oxygen atoms in total. The van der Waals surface area contributed by atoms with E-state index in [4.69, 9.17) is 4.42 Å². The number of benzene rings is 2. The molecule has 110 valence electrons. The van der Waals surface area contributed by atoms with Gasteiger partial charge < -0.3 is 4.42 Å². The second-order valence-corrected chi connectivity index (χ2v) is 5.30. The van der Waals surface area contributed by atoms with Crippen LogP contribution in [0.1, 0.15) is 0 Å². The molecule has 23 heavy (non-hydrogen) atoms. The number of pyridine rings is 1. The third kappa shape index (κ3) is 2.55. The Morgan fingerprint density at radius 1 is 0.652 bits per heavy atom. The highest BCUT2D eigenvalue weighted by Crippen LogP contribution is 2.40. The Balaban J connectivity index is 1.97. The van der Waals surface area contributed by atoms with Crippen LogP contribution < -0.4 is 0 Å². The molecule has 0 aliphatic heterocycles. The Morgan fingerprint density at radius 2 is 1.30 bits per heavy atom. The van der Waals surface area contributed by atoms with Gasteiger partial charge in [0.25, 0.3) is 0 Å². The van der Waals surface area contributed by atoms with Gasteiger partial charge in [-0.25, -0.2) is 0 Å². The average molecular weight is 297 g/mol. The van der Waals surface area contributed by atoms with Crippen LogP contribution in [0.4, 0.5) is 0 Å². The van der Waals surface area contributed by atoms with Crippen molar-refractivity contribution in [2.75, 3.05) is 0 Å². The highest BCUT2D eigenvalue weighted by molar-refractivity contribution is 5.90. The molecule has 2 aromatic heterocycles. The van der Waals surface area contributed by atoms with Crippen molar-refractivity contribution in [1.82, 2.24) is 4.98 Å². The van der Waals surface area contributed by atoms with E-state index in [2.05, 4.69) is 29.2 Å². The lowest BCUT2D eigenvalue weighted by Gasteiger charge is -2.06. The Labute approximate surface area is 135 Å². The third-order valence-corrected chi connectivity index (χ3v) is 3.83. The van der Waals surface area contributed by atoms with E-state index in [0.29, 0.717) is 0 Å². The standard InChI is InChI=1S/C21H15NO/c1-3-9-16(10-4-1)18-15-23-21(17-11-5-2-6-12-17)20(18)19-13-7-8-14-22-19/h1-15H. The molecule has 0 fully saturated rings. The van der Waals surface area contributed by atoms with Crippen molar-refractivity contribution in [3.05, 3.63) is 91.3 Å². The van der Waals surface area contributed by atoms with Gasteiger partial charge in [0.1, 0.15) is 5.76 Å². The molecule has 0 aliphatic rings. The van der Waals surface area contributed by atoms with Gasteiger partial charge in [0.2, 0.25) is 0 Å². The van der Waals surface area contributed by atoms with Crippen LogP contribution in [0, 0.1) is 0 Å². The summed E-state index contributed by atoms with van der Waals surface area (Å²) >= 11 is 0. The number of rotatable bonds is 3. The molecule has 4 aromatic rings. The Hall–Kier alpha value is -3.13. The number of furan rings is 1. The predicted molar refractivity (Wildman–Crippen MR) is 92.8 cm³/mol. The van der Waals surface area contributed by atoms with Crippen molar-refractivity contribution in [3.63, 3.8) is 0 Å². The number of hydrogen-bond donors (Lipinski definition) is 0. The van der Waals surface area contributed by atoms with Crippen molar-refractivity contribution in [2.45, 2.75) is 0 Å². The average Bonchev–Trinajstić information content (AvgIpc) is 3.09. The van der Waals surface area contributed by atoms with E-state index in [1.807, 2.05) is 67.1 Å². The van der Waals surface area contributed by atoms with E-state index in [1.54, 1.807) is 0 Å². The summed E-state index contributed by atoms with van der Waals surface area (Å²) < 4.78 is 5.95. The molecule has 0 amide bonds. The van der Waals surface area contributed by atoms with Crippen molar-refractivity contribution < 1.29 is 4.42 Å². The van der Waals surface area contributed by atoms with Gasteiger partial charge in [0.15, 0.2) is 0 Å². The Morgan fingerprint density at radius 3 is 1.96 bits per heavy atom. The molecule has 0 atom stereocenters. The van der Waals surface area contributed by atoms with Crippen LogP contribution in [-0.2, 0) is 0 Å². The molecule has 2 heterocycles. The maximum absolute atomic E-state index is 5.95. The van der Waals surface area contributed by atoms with Crippen molar-refractivity contribution >= 4 is 0 Å². The van der Waals surface area contributed by atoms with Crippen LogP contribution in [0.5, 0.6) is 0 Å². The molecule has 0 N–H and O–H groups in total. The molecular formula is C21H15NO. The molecule has 2 aromatic carbocycles. The summed E-state index contributed by atoms with van der Waals surface area (Å²) in [6.07, 6.45) is 3.63. The molecular weight excluding hydrogens is 282 g/mol. The van der Waals surface area contributed by atoms with Crippen LogP contribution in [0.2, 0.25) is 0 Å². The summed E-state index contributed by atoms with van der Waals surface area (Å²) in [5.41, 5.74) is 5.18. The van der Waals surface area contributed by atoms with E-state index >= 15 is 0 Å². The first-order chi connectivity index (χ1) is 11.4. The highest BCUT2D eigenvalue weighted by atomic mass is 16.3. The van der Waals surface area contributed by atoms with Gasteiger partial charge >= 0.3 is 0 Å². The fourth-order valence-corrected chi connectivity index (χ4v) is 2.75. The second kappa shape index (κ2) is 5.93. The van der Waals surface area contributed by atoms with Crippen LogP contribution >= 0.6 is 0 Å². The lowest BCUT2D eigenvalue weighted by atomic mass is 9.97. The molecule has 0 saturated heterocycles. The first-order valence-corrected chi connectivity index (χ1v) is 7.57. The first kappa shape index (κ1) is 13.5. The fourth-order valence-electron chi connectivity index (χ4n) is 2.75. The Kier molecular flexibility index (Phi) is 3.49. The maximum Gasteiger partial charge on any atom is 0.143 e. The minimum Gasteiger partial charge on any atom is -0.463 e. The molecule has 4 rings (SSSR count). The van der Waals surface area contributed by atoms with Crippen LogP contribution in [0.15, 0.2) is 95.7 Å². The summed E-state index contributed by atoms with van der Waals surface area (Å²) in [6.45, 7) is 0. The van der Waals surface area contributed by atoms with Gasteiger partial charge in [-0.1, -0.05) is 66.7 Å². The maximum atomic E-state index is 5.95. The summed E-state index contributed by atoms with van der Waals surface area (Å²) in [5, 5.41) is 0. The summed E-state index contributed by atoms with van der Waals surface area (Å²) in [5.74, 6) is 0.850. The van der Waals surface area contributed by atoms with E-state index in [9.17, 15) is 0 Å². The largest absolute Gasteiger partial charge is 0.463 e. The predicted octanol–water partition coefficient (Wildman–Crippen LogP) is 5.68. The topological polar surface area (TPSA) is 26.0 Å². The van der Waals surface area contributed by atoms with Crippen LogP contribution in [-0.4, -0.2) is 4.98 Å². The zero-order chi connectivity index (χ0) is 15.5. The Bertz CT molecular complexity index is 840. The molecule has 0 unspecified atom stereocenters. The SMILES string of the molecule is c1ccc(-c2coc(-c3ccccc3)c2-c2ccccn2)cc1. The highest BCUT2D eigenvalue weighted by Gasteiger charge is 2.19. The molecule has 0 radical (unpaired) electrons. The summed E-state index contributed by atoms with van der Waals surface area (Å²) in [6, 6.07) is 26.4. The summed E-state index contributed by atoms with van der Waals surface area (Å²) in [7, 11) is 0. The monoisotopic (exact) mass is 297 g/mol. The lowest BCUT2D eigenvalue weighted by Crippen LogP contribution is -1.86. The van der Waals surface area contributed by atoms with Crippen LogP contribution in [0.25, 0.3) is 33.7 Å². The first-order valence-electron chi connectivity index (χ1n) is 7.57. The number of hydrogen-bond acceptors (Lipinski definition) is 2. The number of aromatic nitrogens is 1. The van der Waals surface area contributed by atoms with Gasteiger partial charge in [-0.15, -0.1) is 0 Å². The van der Waals surface area contributed by atoms with Crippen LogP contribution in [0.3, 0.4) is 0 Å². The normalized spacial score (nSPS) is 10.6. The molecule has 0 aliphatic carbocycles. The molecule has 2 heteroatoms. The zero-order valence-electron chi connectivity index (χ0n) is 12.5. The van der Waals surface area contributed by atoms with Gasteiger partial charge in [-0.05, 0) is 17.7 Å². The smallest absolute Gasteiger partial charge is 0.143 e. The lowest BCUT2D eigenvalue weighted by molar-refractivity contribution is 0.583. The second-order valence-electron chi connectivity index (χ2n) is 5.30. The van der Waals surface area contributed by atoms with Gasteiger partial charge in [0, 0.05) is 17.3 Å². The molecule has 0 saturated carbocycles. The van der Waals surface area contributed by atoms with Crippen molar-refractivity contribution in [1.29, 1.82) is 0 Å². The van der Waals surface area contributed by atoms with E-state index in [1.165, 1.54) is 0 Å². The molecule has 0 bridgehead atoms. The van der Waals surface area contributed by atoms with E-state index in [0.717, 1.165) is 33.7 Å². The van der Waals surface area contributed by atoms with Gasteiger partial charge in [-0.2, -0.15) is 0 Å². The quantitative estimate of drug-likeness (QED) is 0.486. The summed E-state index contributed by atoms with van der Waals surface area (Å²) in [4.78, 5) is 4.53. The van der Waals surface area contributed by atoms with Gasteiger partial charge in [-0.3, -0.25) is 4.98 Å². The number of nitrogens with zero attached hydrogens (tertiary/aromatic N) is 1. The molecule has 0 spiro atoms. The minimum absolute atomic E-state index is 0.850. The minimum atomic E-state index is 0.850. The fraction of sp³-hybridized carbons (Fsp3) is 0. The van der Waals surface area contributed by atoms with Crippen molar-refractivity contribution in [2.24, 2.45) is 0 Å². The van der Waals surface area contributed by atoms with Crippen molar-refractivity contribution in [3.8, 4) is 33.7 Å². The van der Waals surface area contributed by atoms with E-state index < -0.39 is 0 Å². The third-order valence-electron chi connectivity index (χ3n) is 3.83. The van der Waals surface area contributed by atoms with E-state index in [-0.39, 0.29) is 0 Å².